The quantitative estimate of drug-likeness (QED) is 0.826. The second-order valence-corrected chi connectivity index (χ2v) is 5.14. The van der Waals surface area contributed by atoms with Gasteiger partial charge in [0, 0.05) is 6.54 Å². The molecule has 6 heteroatoms. The minimum atomic E-state index is 0.318. The number of nitrogens with one attached hydrogen (secondary N) is 1. The van der Waals surface area contributed by atoms with E-state index in [1.807, 2.05) is 38.1 Å². The third kappa shape index (κ3) is 3.46. The summed E-state index contributed by atoms with van der Waals surface area (Å²) in [6.45, 7) is 4.41. The number of methoxy groups -OCH3 is 1. The van der Waals surface area contributed by atoms with Gasteiger partial charge < -0.3 is 15.8 Å². The molecule has 21 heavy (non-hydrogen) atoms. The Kier molecular flexibility index (Phi) is 4.70. The summed E-state index contributed by atoms with van der Waals surface area (Å²) in [6.07, 6.45) is 0. The monoisotopic (exact) mass is 302 g/mol. The van der Waals surface area contributed by atoms with Gasteiger partial charge in [0.15, 0.2) is 5.82 Å². The lowest BCUT2D eigenvalue weighted by atomic mass is 10.1. The fourth-order valence-corrected chi connectivity index (χ4v) is 2.25. The largest absolute Gasteiger partial charge is 0.497 e. The van der Waals surface area contributed by atoms with Crippen LogP contribution in [0.1, 0.15) is 22.4 Å². The number of thiocarbonyl (C=S) groups is 1. The second kappa shape index (κ2) is 6.49. The highest BCUT2D eigenvalue weighted by molar-refractivity contribution is 7.80. The Morgan fingerprint density at radius 2 is 2.10 bits per heavy atom. The van der Waals surface area contributed by atoms with Crippen molar-refractivity contribution >= 4 is 23.0 Å². The maximum absolute atomic E-state index is 5.80. The molecule has 2 rings (SSSR count). The predicted molar refractivity (Wildman–Crippen MR) is 87.7 cm³/mol. The van der Waals surface area contributed by atoms with Crippen molar-refractivity contribution in [1.82, 2.24) is 10.2 Å². The highest BCUT2D eigenvalue weighted by Gasteiger charge is 2.13. The lowest BCUT2D eigenvalue weighted by molar-refractivity contribution is 0.414. The van der Waals surface area contributed by atoms with E-state index in [0.29, 0.717) is 17.4 Å². The van der Waals surface area contributed by atoms with E-state index in [1.165, 1.54) is 0 Å². The zero-order valence-corrected chi connectivity index (χ0v) is 13.1. The molecular weight excluding hydrogens is 284 g/mol. The van der Waals surface area contributed by atoms with Crippen LogP contribution in [0.3, 0.4) is 0 Å². The summed E-state index contributed by atoms with van der Waals surface area (Å²) in [5.74, 6) is 1.42. The summed E-state index contributed by atoms with van der Waals surface area (Å²) in [4.78, 5) is 0.318. The van der Waals surface area contributed by atoms with Crippen LogP contribution < -0.4 is 15.8 Å². The first-order chi connectivity index (χ1) is 10.0. The SMILES string of the molecule is COc1cccc(CNc2nnc(C)c(C)c2C(N)=S)c1. The first-order valence-electron chi connectivity index (χ1n) is 6.53. The van der Waals surface area contributed by atoms with E-state index in [1.54, 1.807) is 7.11 Å². The third-order valence-corrected chi connectivity index (χ3v) is 3.50. The van der Waals surface area contributed by atoms with Crippen LogP contribution in [-0.4, -0.2) is 22.3 Å². The van der Waals surface area contributed by atoms with Crippen molar-refractivity contribution in [1.29, 1.82) is 0 Å². The Hall–Kier alpha value is -2.21. The van der Waals surface area contributed by atoms with Crippen LogP contribution in [0.25, 0.3) is 0 Å². The van der Waals surface area contributed by atoms with Crippen molar-refractivity contribution in [3.8, 4) is 5.75 Å². The third-order valence-electron chi connectivity index (χ3n) is 3.30. The molecule has 0 bridgehead atoms. The number of anilines is 1. The van der Waals surface area contributed by atoms with Crippen LogP contribution in [0.5, 0.6) is 5.75 Å². The second-order valence-electron chi connectivity index (χ2n) is 4.70. The van der Waals surface area contributed by atoms with Gasteiger partial charge in [0.25, 0.3) is 0 Å². The molecule has 0 aliphatic carbocycles. The van der Waals surface area contributed by atoms with Crippen molar-refractivity contribution in [3.63, 3.8) is 0 Å². The van der Waals surface area contributed by atoms with E-state index < -0.39 is 0 Å². The standard InChI is InChI=1S/C15H18N4OS/c1-9-10(2)18-19-15(13(9)14(16)21)17-8-11-5-4-6-12(7-11)20-3/h4-7H,8H2,1-3H3,(H2,16,21)(H,17,19). The zero-order valence-electron chi connectivity index (χ0n) is 12.3. The van der Waals surface area contributed by atoms with Crippen LogP contribution >= 0.6 is 12.2 Å². The van der Waals surface area contributed by atoms with Gasteiger partial charge in [-0.25, -0.2) is 0 Å². The number of nitrogens with two attached hydrogens (primary N) is 1. The number of ether oxygens (including phenoxy) is 1. The van der Waals surface area contributed by atoms with E-state index in [-0.39, 0.29) is 0 Å². The van der Waals surface area contributed by atoms with E-state index in [2.05, 4.69) is 15.5 Å². The predicted octanol–water partition coefficient (Wildman–Crippen LogP) is 2.35. The zero-order chi connectivity index (χ0) is 15.4. The van der Waals surface area contributed by atoms with Crippen LogP contribution in [0.4, 0.5) is 5.82 Å². The summed E-state index contributed by atoms with van der Waals surface area (Å²) >= 11 is 5.12. The van der Waals surface area contributed by atoms with Gasteiger partial charge in [0.2, 0.25) is 0 Å². The topological polar surface area (TPSA) is 73.1 Å². The van der Waals surface area contributed by atoms with Crippen LogP contribution in [-0.2, 0) is 6.54 Å². The molecule has 2 aromatic rings. The minimum absolute atomic E-state index is 0.318. The number of aromatic nitrogens is 2. The molecule has 1 aromatic heterocycles. The number of hydrogen-bond donors (Lipinski definition) is 2. The molecule has 0 amide bonds. The molecule has 0 aliphatic rings. The number of hydrogen-bond acceptors (Lipinski definition) is 5. The van der Waals surface area contributed by atoms with Crippen LogP contribution in [0.15, 0.2) is 24.3 Å². The highest BCUT2D eigenvalue weighted by Crippen LogP contribution is 2.20. The van der Waals surface area contributed by atoms with E-state index in [9.17, 15) is 0 Å². The van der Waals surface area contributed by atoms with Gasteiger partial charge in [0.05, 0.1) is 18.4 Å². The molecule has 1 heterocycles. The van der Waals surface area contributed by atoms with Crippen molar-refractivity contribution in [3.05, 3.63) is 46.6 Å². The van der Waals surface area contributed by atoms with Gasteiger partial charge in [-0.3, -0.25) is 0 Å². The number of benzene rings is 1. The van der Waals surface area contributed by atoms with Crippen molar-refractivity contribution in [2.24, 2.45) is 5.73 Å². The molecule has 0 saturated carbocycles. The lowest BCUT2D eigenvalue weighted by Crippen LogP contribution is -2.18. The Morgan fingerprint density at radius 1 is 1.33 bits per heavy atom. The van der Waals surface area contributed by atoms with Gasteiger partial charge in [-0.05, 0) is 37.1 Å². The molecule has 5 nitrogen and oxygen atoms in total. The van der Waals surface area contributed by atoms with Crippen molar-refractivity contribution in [2.75, 3.05) is 12.4 Å². The number of nitrogens with zero attached hydrogens (tertiary/aromatic N) is 2. The van der Waals surface area contributed by atoms with Crippen molar-refractivity contribution in [2.45, 2.75) is 20.4 Å². The molecule has 3 N–H and O–H groups in total. The smallest absolute Gasteiger partial charge is 0.159 e. The van der Waals surface area contributed by atoms with Crippen LogP contribution in [0.2, 0.25) is 0 Å². The van der Waals surface area contributed by atoms with E-state index in [0.717, 1.165) is 28.1 Å². The molecule has 0 aliphatic heterocycles. The first kappa shape index (κ1) is 15.2. The first-order valence-corrected chi connectivity index (χ1v) is 6.94. The average Bonchev–Trinajstić information content (AvgIpc) is 2.48. The summed E-state index contributed by atoms with van der Waals surface area (Å²) in [7, 11) is 1.65. The summed E-state index contributed by atoms with van der Waals surface area (Å²) < 4.78 is 5.21. The Labute approximate surface area is 129 Å². The summed E-state index contributed by atoms with van der Waals surface area (Å²) in [6, 6.07) is 7.81. The van der Waals surface area contributed by atoms with Crippen molar-refractivity contribution < 1.29 is 4.74 Å². The molecule has 0 spiro atoms. The molecule has 0 saturated heterocycles. The van der Waals surface area contributed by atoms with E-state index in [4.69, 9.17) is 22.7 Å². The van der Waals surface area contributed by atoms with Gasteiger partial charge in [-0.1, -0.05) is 24.4 Å². The molecule has 110 valence electrons. The highest BCUT2D eigenvalue weighted by atomic mass is 32.1. The summed E-state index contributed by atoms with van der Waals surface area (Å²) in [5, 5.41) is 11.5. The molecule has 0 unspecified atom stereocenters. The minimum Gasteiger partial charge on any atom is -0.497 e. The van der Waals surface area contributed by atoms with Crippen LogP contribution in [0, 0.1) is 13.8 Å². The van der Waals surface area contributed by atoms with E-state index >= 15 is 0 Å². The van der Waals surface area contributed by atoms with Gasteiger partial charge in [0.1, 0.15) is 10.7 Å². The van der Waals surface area contributed by atoms with Gasteiger partial charge in [-0.15, -0.1) is 5.10 Å². The maximum Gasteiger partial charge on any atom is 0.159 e. The Morgan fingerprint density at radius 3 is 2.76 bits per heavy atom. The Bertz CT molecular complexity index is 673. The molecule has 0 radical (unpaired) electrons. The molecular formula is C15H18N4OS. The number of rotatable bonds is 5. The molecule has 0 fully saturated rings. The van der Waals surface area contributed by atoms with Gasteiger partial charge >= 0.3 is 0 Å². The fraction of sp³-hybridized carbons (Fsp3) is 0.267. The fourth-order valence-electron chi connectivity index (χ4n) is 2.00. The summed E-state index contributed by atoms with van der Waals surface area (Å²) in [5.41, 5.74) is 9.40. The molecule has 0 atom stereocenters. The number of aryl methyl sites for hydroxylation is 1. The molecule has 1 aromatic carbocycles. The Balaban J connectivity index is 2.24. The average molecular weight is 302 g/mol. The normalized spacial score (nSPS) is 10.2. The lowest BCUT2D eigenvalue weighted by Gasteiger charge is -2.13. The maximum atomic E-state index is 5.80. The van der Waals surface area contributed by atoms with Gasteiger partial charge in [-0.2, -0.15) is 5.10 Å².